The van der Waals surface area contributed by atoms with Crippen LogP contribution in [-0.4, -0.2) is 55.8 Å². The molecule has 6 rings (SSSR count). The minimum absolute atomic E-state index is 0.0343. The number of carbonyl (C=O) groups is 1. The lowest BCUT2D eigenvalue weighted by atomic mass is 9.88. The Kier molecular flexibility index (Phi) is 12.3. The Morgan fingerprint density at radius 2 is 1.86 bits per heavy atom. The van der Waals surface area contributed by atoms with Crippen molar-refractivity contribution in [1.82, 2.24) is 29.7 Å². The fourth-order valence-electron chi connectivity index (χ4n) is 7.29. The first-order valence-corrected chi connectivity index (χ1v) is 18.4. The van der Waals surface area contributed by atoms with Crippen molar-refractivity contribution in [2.24, 2.45) is 0 Å². The first-order valence-electron chi connectivity index (χ1n) is 18.4. The molecule has 3 aromatic heterocycles. The van der Waals surface area contributed by atoms with Crippen LogP contribution in [0.4, 0.5) is 9.18 Å². The van der Waals surface area contributed by atoms with Crippen LogP contribution in [0, 0.1) is 0 Å². The zero-order chi connectivity index (χ0) is 35.6. The number of amides is 1. The SMILES string of the molecule is CCCC1CCC[C@@H](c2ccc(-n3cc4cc(-c5cccc(CCC[C@H](C)NC(=O)OCc6ccccc6)n5)[nH]c4nc3=O)cc2)N1CCCF. The first-order chi connectivity index (χ1) is 24.9. The van der Waals surface area contributed by atoms with E-state index in [-0.39, 0.29) is 31.1 Å². The number of carbonyl (C=O) groups excluding carboxylic acids is 1. The Morgan fingerprint density at radius 3 is 2.65 bits per heavy atom. The fraction of sp³-hybridized carbons (Fsp3) is 0.415. The standard InChI is InChI=1S/C41H49FN6O3/c1-3-11-34-17-9-19-38(47(34)25-10-24-42)31-20-22-35(23-21-31)48-27-32-26-37(45-39(32)46-40(48)49)36-18-8-16-33(44-36)15-7-12-29(2)43-41(50)51-28-30-13-5-4-6-14-30/h4-6,8,13-14,16,18,20-23,26-27,29,34,38H,3,7,9-12,15,17,19,24-25,28H2,1-2H3,(H,43,50)(H,45,46,49)/t29-,34?,38-/m0/s1. The van der Waals surface area contributed by atoms with Crippen molar-refractivity contribution in [2.75, 3.05) is 13.2 Å². The molecule has 0 radical (unpaired) electrons. The smallest absolute Gasteiger partial charge is 0.407 e. The van der Waals surface area contributed by atoms with Gasteiger partial charge in [0.2, 0.25) is 0 Å². The Balaban J connectivity index is 1.08. The Bertz CT molecular complexity index is 1920. The number of fused-ring (bicyclic) bond motifs is 1. The average molecular weight is 693 g/mol. The maximum absolute atomic E-state index is 13.2. The van der Waals surface area contributed by atoms with Crippen LogP contribution in [0.25, 0.3) is 28.1 Å². The minimum Gasteiger partial charge on any atom is -0.445 e. The third-order valence-corrected chi connectivity index (χ3v) is 9.85. The number of aromatic amines is 1. The minimum atomic E-state index is -0.420. The largest absolute Gasteiger partial charge is 0.445 e. The Morgan fingerprint density at radius 1 is 1.04 bits per heavy atom. The van der Waals surface area contributed by atoms with Crippen LogP contribution < -0.4 is 11.0 Å². The quantitative estimate of drug-likeness (QED) is 0.114. The maximum Gasteiger partial charge on any atom is 0.407 e. The first kappa shape index (κ1) is 36.0. The number of hydrogen-bond acceptors (Lipinski definition) is 6. The summed E-state index contributed by atoms with van der Waals surface area (Å²) in [7, 11) is 0. The number of rotatable bonds is 15. The summed E-state index contributed by atoms with van der Waals surface area (Å²) in [6.45, 7) is 4.91. The van der Waals surface area contributed by atoms with Crippen LogP contribution in [0.15, 0.2) is 89.9 Å². The van der Waals surface area contributed by atoms with Crippen LogP contribution in [0.5, 0.6) is 0 Å². The molecular formula is C41H49FN6O3. The highest BCUT2D eigenvalue weighted by Gasteiger charge is 2.30. The van der Waals surface area contributed by atoms with Crippen molar-refractivity contribution in [2.45, 2.75) is 96.4 Å². The van der Waals surface area contributed by atoms with E-state index < -0.39 is 6.09 Å². The molecule has 0 aliphatic carbocycles. The molecule has 1 saturated heterocycles. The van der Waals surface area contributed by atoms with Crippen LogP contribution in [-0.2, 0) is 17.8 Å². The van der Waals surface area contributed by atoms with E-state index in [4.69, 9.17) is 9.72 Å². The van der Waals surface area contributed by atoms with E-state index in [2.05, 4.69) is 39.2 Å². The van der Waals surface area contributed by atoms with Crippen LogP contribution in [0.3, 0.4) is 0 Å². The lowest BCUT2D eigenvalue weighted by molar-refractivity contribution is 0.0729. The number of nitrogens with zero attached hydrogens (tertiary/aromatic N) is 4. The van der Waals surface area contributed by atoms with Gasteiger partial charge in [-0.3, -0.25) is 18.8 Å². The van der Waals surface area contributed by atoms with Gasteiger partial charge in [0.25, 0.3) is 0 Å². The highest BCUT2D eigenvalue weighted by molar-refractivity contribution is 5.81. The van der Waals surface area contributed by atoms with Crippen molar-refractivity contribution in [3.8, 4) is 17.1 Å². The zero-order valence-electron chi connectivity index (χ0n) is 29.7. The second-order valence-electron chi connectivity index (χ2n) is 13.7. The number of likely N-dealkylation sites (tertiary alicyclic amines) is 1. The summed E-state index contributed by atoms with van der Waals surface area (Å²) in [5.41, 5.74) is 5.58. The summed E-state index contributed by atoms with van der Waals surface area (Å²) in [6, 6.07) is 26.4. The van der Waals surface area contributed by atoms with E-state index in [1.54, 1.807) is 4.57 Å². The molecule has 1 aliphatic rings. The van der Waals surface area contributed by atoms with E-state index in [1.165, 1.54) is 18.4 Å². The van der Waals surface area contributed by atoms with Crippen LogP contribution in [0.2, 0.25) is 0 Å². The summed E-state index contributed by atoms with van der Waals surface area (Å²) in [5, 5.41) is 3.72. The van der Waals surface area contributed by atoms with Crippen LogP contribution >= 0.6 is 0 Å². The predicted octanol–water partition coefficient (Wildman–Crippen LogP) is 8.47. The van der Waals surface area contributed by atoms with Crippen LogP contribution in [0.1, 0.15) is 88.1 Å². The normalized spacial score (nSPS) is 17.0. The summed E-state index contributed by atoms with van der Waals surface area (Å²) in [6.07, 6.45) is 10.00. The number of hydrogen-bond donors (Lipinski definition) is 2. The van der Waals surface area contributed by atoms with Crippen molar-refractivity contribution < 1.29 is 13.9 Å². The average Bonchev–Trinajstić information content (AvgIpc) is 3.57. The number of halogens is 1. The Hall–Kier alpha value is -4.83. The van der Waals surface area contributed by atoms with Gasteiger partial charge in [-0.1, -0.05) is 61.9 Å². The molecule has 1 fully saturated rings. The molecular weight excluding hydrogens is 643 g/mol. The van der Waals surface area contributed by atoms with Gasteiger partial charge in [-0.05, 0) is 99.7 Å². The van der Waals surface area contributed by atoms with E-state index in [0.717, 1.165) is 78.8 Å². The highest BCUT2D eigenvalue weighted by Crippen LogP contribution is 2.36. The molecule has 51 heavy (non-hydrogen) atoms. The van der Waals surface area contributed by atoms with Gasteiger partial charge < -0.3 is 15.0 Å². The van der Waals surface area contributed by atoms with Gasteiger partial charge >= 0.3 is 11.8 Å². The topological polar surface area (TPSA) is 105 Å². The van der Waals surface area contributed by atoms with Gasteiger partial charge in [0.15, 0.2) is 0 Å². The summed E-state index contributed by atoms with van der Waals surface area (Å²) < 4.78 is 20.1. The maximum atomic E-state index is 13.2. The van der Waals surface area contributed by atoms with E-state index in [1.807, 2.05) is 79.9 Å². The van der Waals surface area contributed by atoms with Gasteiger partial charge in [0.1, 0.15) is 12.3 Å². The molecule has 4 heterocycles. The molecule has 0 spiro atoms. The molecule has 0 bridgehead atoms. The predicted molar refractivity (Wildman–Crippen MR) is 200 cm³/mol. The third kappa shape index (κ3) is 9.29. The lowest BCUT2D eigenvalue weighted by Crippen LogP contribution is -2.42. The molecule has 268 valence electrons. The number of alkyl carbamates (subject to hydrolysis) is 1. The molecule has 1 aliphatic heterocycles. The number of aromatic nitrogens is 4. The van der Waals surface area contributed by atoms with E-state index in [0.29, 0.717) is 18.1 Å². The third-order valence-electron chi connectivity index (χ3n) is 9.85. The zero-order valence-corrected chi connectivity index (χ0v) is 29.7. The molecule has 9 nitrogen and oxygen atoms in total. The monoisotopic (exact) mass is 692 g/mol. The molecule has 1 unspecified atom stereocenters. The summed E-state index contributed by atoms with van der Waals surface area (Å²) in [4.78, 5) is 40.4. The molecule has 1 amide bonds. The number of pyridine rings is 1. The van der Waals surface area contributed by atoms with Gasteiger partial charge in [0, 0.05) is 41.9 Å². The van der Waals surface area contributed by atoms with Crippen molar-refractivity contribution in [3.05, 3.63) is 112 Å². The van der Waals surface area contributed by atoms with E-state index in [9.17, 15) is 14.0 Å². The van der Waals surface area contributed by atoms with Gasteiger partial charge in [-0.25, -0.2) is 9.59 Å². The van der Waals surface area contributed by atoms with Crippen molar-refractivity contribution >= 4 is 17.1 Å². The molecule has 5 aromatic rings. The second kappa shape index (κ2) is 17.4. The summed E-state index contributed by atoms with van der Waals surface area (Å²) >= 11 is 0. The number of aryl methyl sites for hydroxylation is 1. The number of alkyl halides is 1. The second-order valence-corrected chi connectivity index (χ2v) is 13.7. The van der Waals surface area contributed by atoms with E-state index >= 15 is 0 Å². The Labute approximate surface area is 299 Å². The number of benzene rings is 2. The number of ether oxygens (including phenoxy) is 1. The number of piperidine rings is 1. The number of nitrogens with one attached hydrogen (secondary N) is 2. The van der Waals surface area contributed by atoms with Crippen molar-refractivity contribution in [1.29, 1.82) is 0 Å². The number of H-pyrrole nitrogens is 1. The van der Waals surface area contributed by atoms with Gasteiger partial charge in [-0.15, -0.1) is 0 Å². The van der Waals surface area contributed by atoms with Gasteiger partial charge in [-0.2, -0.15) is 4.98 Å². The molecule has 3 atom stereocenters. The van der Waals surface area contributed by atoms with Gasteiger partial charge in [0.05, 0.1) is 23.7 Å². The highest BCUT2D eigenvalue weighted by atomic mass is 19.1. The summed E-state index contributed by atoms with van der Waals surface area (Å²) in [5.74, 6) is 0. The fourth-order valence-corrected chi connectivity index (χ4v) is 7.29. The molecule has 2 N–H and O–H groups in total. The lowest BCUT2D eigenvalue weighted by Gasteiger charge is -2.42. The molecule has 0 saturated carbocycles. The molecule has 2 aromatic carbocycles. The van der Waals surface area contributed by atoms with Crippen molar-refractivity contribution in [3.63, 3.8) is 0 Å². The molecule has 10 heteroatoms.